The molecule has 1 aromatic heterocycles. The van der Waals surface area contributed by atoms with Crippen LogP contribution in [0.2, 0.25) is 0 Å². The molecule has 0 spiro atoms. The highest BCUT2D eigenvalue weighted by atomic mass is 16.5. The third kappa shape index (κ3) is 5.08. The second-order valence-electron chi connectivity index (χ2n) is 6.67. The van der Waals surface area contributed by atoms with Crippen LogP contribution in [0, 0.1) is 5.92 Å². The molecule has 0 fully saturated rings. The van der Waals surface area contributed by atoms with Crippen molar-refractivity contribution in [2.75, 3.05) is 13.7 Å². The first-order valence-corrected chi connectivity index (χ1v) is 9.02. The zero-order valence-corrected chi connectivity index (χ0v) is 14.8. The molecule has 25 heavy (non-hydrogen) atoms. The zero-order chi connectivity index (χ0) is 17.5. The minimum absolute atomic E-state index is 0.0701. The lowest BCUT2D eigenvalue weighted by Crippen LogP contribution is -2.22. The summed E-state index contributed by atoms with van der Waals surface area (Å²) in [5.74, 6) is 1.20. The Kier molecular flexibility index (Phi) is 6.09. The molecule has 1 atom stereocenters. The van der Waals surface area contributed by atoms with Crippen LogP contribution in [0.15, 0.2) is 36.8 Å². The van der Waals surface area contributed by atoms with E-state index in [9.17, 15) is 4.79 Å². The van der Waals surface area contributed by atoms with E-state index in [2.05, 4.69) is 21.7 Å². The first-order chi connectivity index (χ1) is 12.2. The molecule has 1 aliphatic rings. The minimum Gasteiger partial charge on any atom is -0.497 e. The summed E-state index contributed by atoms with van der Waals surface area (Å²) in [5.41, 5.74) is 2.48. The van der Waals surface area contributed by atoms with E-state index in [0.29, 0.717) is 18.9 Å². The third-order valence-electron chi connectivity index (χ3n) is 4.79. The topological polar surface area (TPSA) is 53.4 Å². The first kappa shape index (κ1) is 17.5. The standard InChI is InChI=1S/C20H26N2O3/c1-24-19-7-4-6-16(12-19)5-2-3-10-25-20(23)13-17-8-9-22-15-21-14-18(22)11-17/h4,6-7,12,14-15,17H,2-3,5,8-11,13H2,1H3. The van der Waals surface area contributed by atoms with Gasteiger partial charge >= 0.3 is 5.97 Å². The van der Waals surface area contributed by atoms with E-state index < -0.39 is 0 Å². The first-order valence-electron chi connectivity index (χ1n) is 9.02. The number of hydrogen-bond donors (Lipinski definition) is 0. The Labute approximate surface area is 149 Å². The smallest absolute Gasteiger partial charge is 0.306 e. The van der Waals surface area contributed by atoms with E-state index in [-0.39, 0.29) is 5.97 Å². The highest BCUT2D eigenvalue weighted by Gasteiger charge is 2.21. The fourth-order valence-electron chi connectivity index (χ4n) is 3.35. The molecule has 0 bridgehead atoms. The van der Waals surface area contributed by atoms with Gasteiger partial charge in [-0.1, -0.05) is 12.1 Å². The number of hydrogen-bond acceptors (Lipinski definition) is 4. The highest BCUT2D eigenvalue weighted by molar-refractivity contribution is 5.69. The number of carbonyl (C=O) groups is 1. The number of esters is 1. The van der Waals surface area contributed by atoms with Gasteiger partial charge in [-0.15, -0.1) is 0 Å². The molecule has 2 heterocycles. The number of aryl methyl sites for hydroxylation is 2. The molecule has 1 aliphatic heterocycles. The largest absolute Gasteiger partial charge is 0.497 e. The molecule has 0 radical (unpaired) electrons. The van der Waals surface area contributed by atoms with E-state index in [1.807, 2.05) is 24.7 Å². The van der Waals surface area contributed by atoms with Crippen molar-refractivity contribution in [3.05, 3.63) is 48.0 Å². The molecule has 0 saturated heterocycles. The van der Waals surface area contributed by atoms with Crippen molar-refractivity contribution in [3.8, 4) is 5.75 Å². The summed E-state index contributed by atoms with van der Waals surface area (Å²) in [6, 6.07) is 8.11. The van der Waals surface area contributed by atoms with Crippen LogP contribution in [-0.2, 0) is 28.9 Å². The summed E-state index contributed by atoms with van der Waals surface area (Å²) in [5, 5.41) is 0. The van der Waals surface area contributed by atoms with E-state index >= 15 is 0 Å². The van der Waals surface area contributed by atoms with Crippen LogP contribution in [0.3, 0.4) is 0 Å². The fourth-order valence-corrected chi connectivity index (χ4v) is 3.35. The number of aromatic nitrogens is 2. The number of methoxy groups -OCH3 is 1. The van der Waals surface area contributed by atoms with Crippen LogP contribution in [0.1, 0.15) is 36.9 Å². The minimum atomic E-state index is -0.0701. The number of unbranched alkanes of at least 4 members (excludes halogenated alkanes) is 1. The number of nitrogens with zero attached hydrogens (tertiary/aromatic N) is 2. The molecule has 5 nitrogen and oxygen atoms in total. The lowest BCUT2D eigenvalue weighted by molar-refractivity contribution is -0.145. The molecule has 0 aliphatic carbocycles. The molecule has 0 amide bonds. The van der Waals surface area contributed by atoms with E-state index in [0.717, 1.165) is 44.4 Å². The van der Waals surface area contributed by atoms with Crippen molar-refractivity contribution in [1.29, 1.82) is 0 Å². The fraction of sp³-hybridized carbons (Fsp3) is 0.500. The maximum atomic E-state index is 12.0. The lowest BCUT2D eigenvalue weighted by Gasteiger charge is -2.22. The summed E-state index contributed by atoms with van der Waals surface area (Å²) in [7, 11) is 1.68. The molecule has 2 aromatic rings. The van der Waals surface area contributed by atoms with Gasteiger partial charge in [0.1, 0.15) is 5.75 Å². The van der Waals surface area contributed by atoms with Crippen LogP contribution in [0.4, 0.5) is 0 Å². The van der Waals surface area contributed by atoms with Gasteiger partial charge in [0.05, 0.1) is 20.0 Å². The SMILES string of the molecule is COc1cccc(CCCCOC(=O)CC2CCn3cncc3C2)c1. The Morgan fingerprint density at radius 1 is 1.36 bits per heavy atom. The molecule has 0 N–H and O–H groups in total. The van der Waals surface area contributed by atoms with Crippen LogP contribution in [-0.4, -0.2) is 29.2 Å². The summed E-state index contributed by atoms with van der Waals surface area (Å²) in [4.78, 5) is 16.2. The van der Waals surface area contributed by atoms with Gasteiger partial charge in [0.2, 0.25) is 0 Å². The maximum Gasteiger partial charge on any atom is 0.306 e. The molecule has 5 heteroatoms. The number of ether oxygens (including phenoxy) is 2. The van der Waals surface area contributed by atoms with Crippen molar-refractivity contribution in [2.45, 2.75) is 45.1 Å². The third-order valence-corrected chi connectivity index (χ3v) is 4.79. The number of benzene rings is 1. The van der Waals surface area contributed by atoms with Crippen molar-refractivity contribution < 1.29 is 14.3 Å². The summed E-state index contributed by atoms with van der Waals surface area (Å²) in [6.45, 7) is 1.46. The summed E-state index contributed by atoms with van der Waals surface area (Å²) in [6.07, 6.45) is 9.09. The van der Waals surface area contributed by atoms with E-state index in [1.165, 1.54) is 11.3 Å². The normalized spacial score (nSPS) is 16.3. The molecular formula is C20H26N2O3. The van der Waals surface area contributed by atoms with E-state index in [4.69, 9.17) is 9.47 Å². The Morgan fingerprint density at radius 3 is 3.16 bits per heavy atom. The van der Waals surface area contributed by atoms with Crippen molar-refractivity contribution in [3.63, 3.8) is 0 Å². The Hall–Kier alpha value is -2.30. The zero-order valence-electron chi connectivity index (χ0n) is 14.8. The van der Waals surface area contributed by atoms with Gasteiger partial charge in [-0.05, 0) is 55.7 Å². The van der Waals surface area contributed by atoms with Gasteiger partial charge in [0.25, 0.3) is 0 Å². The molecule has 3 rings (SSSR count). The predicted octanol–water partition coefficient (Wildman–Crippen LogP) is 3.41. The lowest BCUT2D eigenvalue weighted by atomic mass is 9.93. The van der Waals surface area contributed by atoms with Crippen LogP contribution in [0.25, 0.3) is 0 Å². The van der Waals surface area contributed by atoms with Crippen molar-refractivity contribution >= 4 is 5.97 Å². The van der Waals surface area contributed by atoms with Crippen LogP contribution < -0.4 is 4.74 Å². The second-order valence-corrected chi connectivity index (χ2v) is 6.67. The van der Waals surface area contributed by atoms with Gasteiger partial charge in [-0.2, -0.15) is 0 Å². The monoisotopic (exact) mass is 342 g/mol. The average molecular weight is 342 g/mol. The van der Waals surface area contributed by atoms with E-state index in [1.54, 1.807) is 7.11 Å². The number of imidazole rings is 1. The highest BCUT2D eigenvalue weighted by Crippen LogP contribution is 2.23. The van der Waals surface area contributed by atoms with Gasteiger partial charge in [-0.3, -0.25) is 4.79 Å². The summed E-state index contributed by atoms with van der Waals surface area (Å²) < 4.78 is 12.8. The van der Waals surface area contributed by atoms with Gasteiger partial charge in [-0.25, -0.2) is 4.98 Å². The number of carbonyl (C=O) groups excluding carboxylic acids is 1. The van der Waals surface area contributed by atoms with Crippen molar-refractivity contribution in [2.24, 2.45) is 5.92 Å². The number of fused-ring (bicyclic) bond motifs is 1. The molecule has 0 saturated carbocycles. The molecule has 1 unspecified atom stereocenters. The Bertz CT molecular complexity index is 696. The molecule has 134 valence electrons. The van der Waals surface area contributed by atoms with Gasteiger partial charge in [0, 0.05) is 24.9 Å². The van der Waals surface area contributed by atoms with Gasteiger partial charge < -0.3 is 14.0 Å². The molecular weight excluding hydrogens is 316 g/mol. The van der Waals surface area contributed by atoms with Crippen LogP contribution >= 0.6 is 0 Å². The molecule has 1 aromatic carbocycles. The maximum absolute atomic E-state index is 12.0. The predicted molar refractivity (Wildman–Crippen MR) is 95.5 cm³/mol. The van der Waals surface area contributed by atoms with Crippen LogP contribution in [0.5, 0.6) is 5.75 Å². The Morgan fingerprint density at radius 2 is 2.28 bits per heavy atom. The second kappa shape index (κ2) is 8.70. The van der Waals surface area contributed by atoms with Gasteiger partial charge in [0.15, 0.2) is 0 Å². The average Bonchev–Trinajstić information content (AvgIpc) is 3.09. The number of rotatable bonds is 8. The summed E-state index contributed by atoms with van der Waals surface area (Å²) >= 11 is 0. The Balaban J connectivity index is 1.30. The quantitative estimate of drug-likeness (QED) is 0.545. The van der Waals surface area contributed by atoms with Crippen molar-refractivity contribution in [1.82, 2.24) is 9.55 Å².